The van der Waals surface area contributed by atoms with Gasteiger partial charge in [-0.05, 0) is 51.3 Å². The van der Waals surface area contributed by atoms with Gasteiger partial charge in [0.1, 0.15) is 5.60 Å². The number of carbonyl (C=O) groups excluding carboxylic acids is 1. The molecule has 0 N–H and O–H groups in total. The van der Waals surface area contributed by atoms with Crippen LogP contribution >= 0.6 is 23.2 Å². The van der Waals surface area contributed by atoms with Gasteiger partial charge in [0.2, 0.25) is 0 Å². The van der Waals surface area contributed by atoms with Gasteiger partial charge in [-0.15, -0.1) is 0 Å². The highest BCUT2D eigenvalue weighted by Crippen LogP contribution is 2.38. The van der Waals surface area contributed by atoms with Crippen LogP contribution in [0, 0.1) is 0 Å². The van der Waals surface area contributed by atoms with E-state index in [1.807, 2.05) is 39.0 Å². The van der Waals surface area contributed by atoms with Gasteiger partial charge in [0.05, 0.1) is 16.7 Å². The monoisotopic (exact) mass is 373 g/mol. The number of rotatable bonds is 3. The summed E-state index contributed by atoms with van der Waals surface area (Å²) in [7, 11) is 1.69. The molecule has 1 saturated heterocycles. The third kappa shape index (κ3) is 4.56. The first kappa shape index (κ1) is 19.4. The van der Waals surface area contributed by atoms with Crippen LogP contribution in [0.2, 0.25) is 10.0 Å². The molecule has 1 amide bonds. The lowest BCUT2D eigenvalue weighted by Crippen LogP contribution is -2.48. The number of likely N-dealkylation sites (tertiary alicyclic amines) is 1. The Morgan fingerprint density at radius 3 is 2.33 bits per heavy atom. The van der Waals surface area contributed by atoms with Gasteiger partial charge in [0, 0.05) is 25.6 Å². The molecule has 0 spiro atoms. The third-order valence-electron chi connectivity index (χ3n) is 4.32. The number of carbonyl (C=O) groups is 1. The minimum atomic E-state index is -0.484. The number of ether oxygens (including phenoxy) is 2. The van der Waals surface area contributed by atoms with Gasteiger partial charge in [-0.25, -0.2) is 4.79 Å². The molecule has 1 aromatic rings. The quantitative estimate of drug-likeness (QED) is 0.755. The first-order valence-corrected chi connectivity index (χ1v) is 8.85. The minimum Gasteiger partial charge on any atom is -0.444 e. The Bertz CT molecular complexity index is 590. The first-order chi connectivity index (χ1) is 11.2. The molecular weight excluding hydrogens is 349 g/mol. The second kappa shape index (κ2) is 7.51. The van der Waals surface area contributed by atoms with E-state index in [-0.39, 0.29) is 11.5 Å². The van der Waals surface area contributed by atoms with Crippen molar-refractivity contribution in [3.8, 4) is 0 Å². The van der Waals surface area contributed by atoms with E-state index in [1.165, 1.54) is 0 Å². The molecule has 0 atom stereocenters. The van der Waals surface area contributed by atoms with Crippen molar-refractivity contribution in [1.29, 1.82) is 0 Å². The van der Waals surface area contributed by atoms with Gasteiger partial charge in [-0.1, -0.05) is 29.3 Å². The molecule has 2 rings (SSSR count). The van der Waals surface area contributed by atoms with Crippen molar-refractivity contribution in [3.63, 3.8) is 0 Å². The Morgan fingerprint density at radius 2 is 1.83 bits per heavy atom. The number of hydrogen-bond donors (Lipinski definition) is 0. The van der Waals surface area contributed by atoms with Crippen molar-refractivity contribution >= 4 is 29.3 Å². The molecule has 1 aliphatic heterocycles. The third-order valence-corrected chi connectivity index (χ3v) is 5.06. The van der Waals surface area contributed by atoms with E-state index < -0.39 is 5.60 Å². The topological polar surface area (TPSA) is 38.8 Å². The summed E-state index contributed by atoms with van der Waals surface area (Å²) < 4.78 is 10.9. The average Bonchev–Trinajstić information content (AvgIpc) is 2.49. The number of piperidine rings is 1. The molecule has 0 aliphatic carbocycles. The van der Waals surface area contributed by atoms with Gasteiger partial charge in [-0.3, -0.25) is 0 Å². The lowest BCUT2D eigenvalue weighted by atomic mass is 9.73. The molecule has 1 aliphatic rings. The van der Waals surface area contributed by atoms with E-state index in [2.05, 4.69) is 0 Å². The molecule has 6 heteroatoms. The van der Waals surface area contributed by atoms with Gasteiger partial charge in [0.25, 0.3) is 0 Å². The van der Waals surface area contributed by atoms with Crippen molar-refractivity contribution in [2.24, 2.45) is 0 Å². The minimum absolute atomic E-state index is 0.165. The second-order valence-corrected chi connectivity index (χ2v) is 8.12. The van der Waals surface area contributed by atoms with Gasteiger partial charge in [0.15, 0.2) is 0 Å². The van der Waals surface area contributed by atoms with Crippen LogP contribution in [0.1, 0.15) is 39.2 Å². The predicted octanol–water partition coefficient (Wildman–Crippen LogP) is 4.91. The zero-order chi connectivity index (χ0) is 18.0. The fourth-order valence-corrected chi connectivity index (χ4v) is 3.36. The van der Waals surface area contributed by atoms with Crippen LogP contribution in [-0.2, 0) is 14.9 Å². The maximum atomic E-state index is 12.3. The maximum absolute atomic E-state index is 12.3. The standard InChI is InChI=1S/C18H25Cl2NO3/c1-17(2,3)24-16(22)21-9-7-18(8-10-21,12-23-4)13-5-6-14(19)15(20)11-13/h5-6,11H,7-10,12H2,1-4H3. The van der Waals surface area contributed by atoms with E-state index in [4.69, 9.17) is 32.7 Å². The Hall–Kier alpha value is -0.970. The van der Waals surface area contributed by atoms with E-state index in [9.17, 15) is 4.79 Å². The first-order valence-electron chi connectivity index (χ1n) is 8.09. The molecule has 0 bridgehead atoms. The zero-order valence-electron chi connectivity index (χ0n) is 14.7. The van der Waals surface area contributed by atoms with Crippen LogP contribution < -0.4 is 0 Å². The molecule has 0 radical (unpaired) electrons. The van der Waals surface area contributed by atoms with Crippen molar-refractivity contribution in [3.05, 3.63) is 33.8 Å². The smallest absolute Gasteiger partial charge is 0.410 e. The van der Waals surface area contributed by atoms with Crippen molar-refractivity contribution in [2.75, 3.05) is 26.8 Å². The summed E-state index contributed by atoms with van der Waals surface area (Å²) >= 11 is 12.2. The summed E-state index contributed by atoms with van der Waals surface area (Å²) in [6.07, 6.45) is 1.32. The molecule has 24 heavy (non-hydrogen) atoms. The summed E-state index contributed by atoms with van der Waals surface area (Å²) in [5.74, 6) is 0. The number of hydrogen-bond acceptors (Lipinski definition) is 3. The van der Waals surface area contributed by atoms with E-state index in [0.717, 1.165) is 18.4 Å². The zero-order valence-corrected chi connectivity index (χ0v) is 16.2. The van der Waals surface area contributed by atoms with Crippen LogP contribution in [0.15, 0.2) is 18.2 Å². The molecular formula is C18H25Cl2NO3. The van der Waals surface area contributed by atoms with Crippen molar-refractivity contribution in [1.82, 2.24) is 4.90 Å². The van der Waals surface area contributed by atoms with Crippen molar-refractivity contribution in [2.45, 2.75) is 44.6 Å². The fraction of sp³-hybridized carbons (Fsp3) is 0.611. The molecule has 4 nitrogen and oxygen atoms in total. The van der Waals surface area contributed by atoms with Gasteiger partial charge < -0.3 is 14.4 Å². The van der Waals surface area contributed by atoms with Crippen molar-refractivity contribution < 1.29 is 14.3 Å². The van der Waals surface area contributed by atoms with Gasteiger partial charge in [-0.2, -0.15) is 0 Å². The Kier molecular flexibility index (Phi) is 6.05. The molecule has 134 valence electrons. The molecule has 1 aromatic carbocycles. The van der Waals surface area contributed by atoms with Crippen LogP contribution in [0.4, 0.5) is 4.79 Å². The molecule has 0 saturated carbocycles. The van der Waals surface area contributed by atoms with E-state index >= 15 is 0 Å². The number of halogens is 2. The van der Waals surface area contributed by atoms with Crippen LogP contribution in [0.5, 0.6) is 0 Å². The molecule has 0 aromatic heterocycles. The lowest BCUT2D eigenvalue weighted by Gasteiger charge is -2.42. The van der Waals surface area contributed by atoms with E-state index in [0.29, 0.717) is 29.7 Å². The number of methoxy groups -OCH3 is 1. The summed E-state index contributed by atoms with van der Waals surface area (Å²) in [6.45, 7) is 7.45. The summed E-state index contributed by atoms with van der Waals surface area (Å²) in [4.78, 5) is 14.0. The number of nitrogens with zero attached hydrogens (tertiary/aromatic N) is 1. The Labute approximate surface area is 154 Å². The second-order valence-electron chi connectivity index (χ2n) is 7.31. The highest BCUT2D eigenvalue weighted by molar-refractivity contribution is 6.42. The normalized spacial score (nSPS) is 17.7. The summed E-state index contributed by atoms with van der Waals surface area (Å²) in [6, 6.07) is 5.72. The highest BCUT2D eigenvalue weighted by atomic mass is 35.5. The highest BCUT2D eigenvalue weighted by Gasteiger charge is 2.38. The Balaban J connectivity index is 2.14. The molecule has 1 fully saturated rings. The van der Waals surface area contributed by atoms with Crippen LogP contribution in [0.3, 0.4) is 0 Å². The maximum Gasteiger partial charge on any atom is 0.410 e. The average molecular weight is 374 g/mol. The van der Waals surface area contributed by atoms with Crippen LogP contribution in [-0.4, -0.2) is 43.4 Å². The fourth-order valence-electron chi connectivity index (χ4n) is 3.06. The van der Waals surface area contributed by atoms with E-state index in [1.54, 1.807) is 12.0 Å². The number of benzene rings is 1. The van der Waals surface area contributed by atoms with Crippen LogP contribution in [0.25, 0.3) is 0 Å². The SMILES string of the molecule is COCC1(c2ccc(Cl)c(Cl)c2)CCN(C(=O)OC(C)(C)C)CC1. The molecule has 1 heterocycles. The predicted molar refractivity (Wildman–Crippen MR) is 97.1 cm³/mol. The summed E-state index contributed by atoms with van der Waals surface area (Å²) in [5, 5.41) is 1.08. The Morgan fingerprint density at radius 1 is 1.21 bits per heavy atom. The number of amides is 1. The summed E-state index contributed by atoms with van der Waals surface area (Å²) in [5.41, 5.74) is 0.450. The van der Waals surface area contributed by atoms with Gasteiger partial charge >= 0.3 is 6.09 Å². The largest absolute Gasteiger partial charge is 0.444 e. The lowest BCUT2D eigenvalue weighted by molar-refractivity contribution is 0.00974. The molecule has 0 unspecified atom stereocenters.